The summed E-state index contributed by atoms with van der Waals surface area (Å²) in [7, 11) is -1.96. The first-order valence-corrected chi connectivity index (χ1v) is 16.2. The molecule has 0 spiro atoms. The number of carbonyl (C=O) groups is 3. The van der Waals surface area contributed by atoms with Crippen molar-refractivity contribution in [3.05, 3.63) is 70.3 Å². The van der Waals surface area contributed by atoms with Gasteiger partial charge >= 0.3 is 5.97 Å². The van der Waals surface area contributed by atoms with Crippen molar-refractivity contribution in [1.82, 2.24) is 4.90 Å². The lowest BCUT2D eigenvalue weighted by atomic mass is 9.77. The Morgan fingerprint density at radius 2 is 1.70 bits per heavy atom. The van der Waals surface area contributed by atoms with E-state index in [-0.39, 0.29) is 29.9 Å². The van der Waals surface area contributed by atoms with Gasteiger partial charge in [-0.05, 0) is 56.4 Å². The Morgan fingerprint density at radius 3 is 2.27 bits per heavy atom. The number of non-ortho nitro benzene ring substituents is 1. The molecular formula is C26H32N2O7SSi. The van der Waals surface area contributed by atoms with Gasteiger partial charge in [-0.2, -0.15) is 0 Å². The number of likely N-dealkylation sites (tertiary alicyclic amines) is 1. The maximum absolute atomic E-state index is 13.2. The number of esters is 1. The van der Waals surface area contributed by atoms with Gasteiger partial charge < -0.3 is 14.1 Å². The molecule has 11 heteroatoms. The van der Waals surface area contributed by atoms with Crippen LogP contribution in [0, 0.1) is 22.0 Å². The molecule has 1 amide bonds. The van der Waals surface area contributed by atoms with Gasteiger partial charge in [-0.25, -0.2) is 0 Å². The van der Waals surface area contributed by atoms with E-state index in [0.717, 1.165) is 16.7 Å². The highest BCUT2D eigenvalue weighted by Gasteiger charge is 2.55. The minimum absolute atomic E-state index is 0.0585. The fourth-order valence-corrected chi connectivity index (χ4v) is 6.48. The van der Waals surface area contributed by atoms with Crippen LogP contribution in [0.2, 0.25) is 19.6 Å². The summed E-state index contributed by atoms with van der Waals surface area (Å²) in [5, 5.41) is 10.7. The molecule has 9 nitrogen and oxygen atoms in total. The van der Waals surface area contributed by atoms with Crippen molar-refractivity contribution >= 4 is 42.8 Å². The normalized spacial score (nSPS) is 19.1. The van der Waals surface area contributed by atoms with Crippen molar-refractivity contribution in [3.63, 3.8) is 0 Å². The fourth-order valence-electron chi connectivity index (χ4n) is 4.37. The van der Waals surface area contributed by atoms with Gasteiger partial charge in [0.15, 0.2) is 13.4 Å². The fraction of sp³-hybridized carbons (Fsp3) is 0.423. The number of rotatable bonds is 11. The van der Waals surface area contributed by atoms with Crippen LogP contribution in [-0.4, -0.2) is 53.8 Å². The summed E-state index contributed by atoms with van der Waals surface area (Å²) in [6.07, 6.45) is -0.395. The Balaban J connectivity index is 1.70. The molecule has 0 bridgehead atoms. The van der Waals surface area contributed by atoms with Crippen LogP contribution in [-0.2, 0) is 30.2 Å². The molecule has 0 radical (unpaired) electrons. The van der Waals surface area contributed by atoms with Crippen LogP contribution in [0.1, 0.15) is 19.4 Å². The molecule has 1 heterocycles. The second kappa shape index (κ2) is 12.0. The van der Waals surface area contributed by atoms with Gasteiger partial charge in [-0.15, -0.1) is 0 Å². The molecule has 37 heavy (non-hydrogen) atoms. The van der Waals surface area contributed by atoms with E-state index in [2.05, 4.69) is 0 Å². The molecule has 0 saturated carbocycles. The summed E-state index contributed by atoms with van der Waals surface area (Å²) >= 11 is 1.12. The first kappa shape index (κ1) is 28.5. The van der Waals surface area contributed by atoms with Crippen LogP contribution >= 0.6 is 11.8 Å². The van der Waals surface area contributed by atoms with Crippen LogP contribution in [0.25, 0.3) is 0 Å². The molecule has 4 atom stereocenters. The van der Waals surface area contributed by atoms with Gasteiger partial charge in [-0.1, -0.05) is 36.9 Å². The summed E-state index contributed by atoms with van der Waals surface area (Å²) in [6.45, 7) is 9.36. The first-order valence-electron chi connectivity index (χ1n) is 12.0. The average molecular weight is 545 g/mol. The smallest absolute Gasteiger partial charge is 0.325 e. The van der Waals surface area contributed by atoms with E-state index in [1.807, 2.05) is 56.9 Å². The molecule has 1 aliphatic rings. The molecule has 0 aromatic heterocycles. The lowest BCUT2D eigenvalue weighted by Crippen LogP contribution is -2.68. The minimum atomic E-state index is -1.96. The Labute approximate surface area is 221 Å². The van der Waals surface area contributed by atoms with Crippen molar-refractivity contribution in [3.8, 4) is 0 Å². The molecule has 3 rings (SSSR count). The Hall–Kier alpha value is -3.02. The third kappa shape index (κ3) is 7.49. The maximum atomic E-state index is 13.2. The summed E-state index contributed by atoms with van der Waals surface area (Å²) in [5.74, 6) is -1.94. The van der Waals surface area contributed by atoms with E-state index >= 15 is 0 Å². The lowest BCUT2D eigenvalue weighted by molar-refractivity contribution is -0.384. The Bertz CT molecular complexity index is 1140. The number of ether oxygens (including phenoxy) is 1. The van der Waals surface area contributed by atoms with Gasteiger partial charge in [0, 0.05) is 22.9 Å². The second-order valence-corrected chi connectivity index (χ2v) is 15.6. The second-order valence-electron chi connectivity index (χ2n) is 10.0. The highest BCUT2D eigenvalue weighted by molar-refractivity contribution is 8.13. The van der Waals surface area contributed by atoms with Gasteiger partial charge in [-0.3, -0.25) is 24.5 Å². The van der Waals surface area contributed by atoms with E-state index in [9.17, 15) is 24.5 Å². The Morgan fingerprint density at radius 1 is 1.08 bits per heavy atom. The largest absolute Gasteiger partial charge is 0.459 e. The number of nitrogens with zero attached hydrogens (tertiary/aromatic N) is 2. The topological polar surface area (TPSA) is 116 Å². The van der Waals surface area contributed by atoms with Crippen LogP contribution in [0.3, 0.4) is 0 Å². The number of carbonyl (C=O) groups excluding carboxylic acids is 3. The van der Waals surface area contributed by atoms with Crippen LogP contribution in [0.5, 0.6) is 0 Å². The summed E-state index contributed by atoms with van der Waals surface area (Å²) in [6, 6.07) is 14.5. The summed E-state index contributed by atoms with van der Waals surface area (Å²) in [5.41, 5.74) is 0.528. The van der Waals surface area contributed by atoms with Crippen molar-refractivity contribution < 1.29 is 28.5 Å². The number of thioether (sulfide) groups is 1. The highest BCUT2D eigenvalue weighted by Crippen LogP contribution is 2.39. The summed E-state index contributed by atoms with van der Waals surface area (Å²) in [4.78, 5) is 51.5. The molecular weight excluding hydrogens is 512 g/mol. The van der Waals surface area contributed by atoms with Gasteiger partial charge in [0.1, 0.15) is 13.2 Å². The predicted molar refractivity (Wildman–Crippen MR) is 142 cm³/mol. The van der Waals surface area contributed by atoms with Crippen molar-refractivity contribution in [2.24, 2.45) is 11.8 Å². The zero-order valence-electron chi connectivity index (χ0n) is 21.6. The molecule has 1 aliphatic heterocycles. The molecule has 2 aromatic carbocycles. The highest BCUT2D eigenvalue weighted by atomic mass is 32.2. The number of β-lactam (4-membered cyclic amide) rings is 1. The van der Waals surface area contributed by atoms with Crippen LogP contribution in [0.15, 0.2) is 59.5 Å². The van der Waals surface area contributed by atoms with E-state index in [0.29, 0.717) is 5.56 Å². The SMILES string of the molecule is C[C@@H](O[Si](C)(C)C)[C@H]1C(=O)N(CC(=O)OCc2ccc([N+](=O)[O-])cc2)[C@@H]1[C@@H](C)C(=O)Sc1ccccc1. The van der Waals surface area contributed by atoms with E-state index in [1.54, 1.807) is 6.92 Å². The maximum Gasteiger partial charge on any atom is 0.325 e. The van der Waals surface area contributed by atoms with Crippen LogP contribution < -0.4 is 0 Å². The molecule has 0 aliphatic carbocycles. The monoisotopic (exact) mass is 544 g/mol. The van der Waals surface area contributed by atoms with E-state index in [4.69, 9.17) is 9.16 Å². The predicted octanol–water partition coefficient (Wildman–Crippen LogP) is 4.66. The zero-order valence-corrected chi connectivity index (χ0v) is 23.4. The molecule has 198 valence electrons. The molecule has 2 aromatic rings. The third-order valence-electron chi connectivity index (χ3n) is 6.03. The average Bonchev–Trinajstić information content (AvgIpc) is 2.83. The van der Waals surface area contributed by atoms with Gasteiger partial charge in [0.05, 0.1) is 23.0 Å². The zero-order chi connectivity index (χ0) is 27.3. The lowest BCUT2D eigenvalue weighted by Gasteiger charge is -2.51. The van der Waals surface area contributed by atoms with Crippen molar-refractivity contribution in [2.75, 3.05) is 6.54 Å². The number of benzene rings is 2. The Kier molecular flexibility index (Phi) is 9.27. The number of amides is 1. The quantitative estimate of drug-likeness (QED) is 0.100. The first-order chi connectivity index (χ1) is 17.4. The molecule has 1 saturated heterocycles. The number of hydrogen-bond acceptors (Lipinski definition) is 8. The van der Waals surface area contributed by atoms with E-state index in [1.165, 1.54) is 29.2 Å². The molecule has 0 N–H and O–H groups in total. The van der Waals surface area contributed by atoms with Crippen molar-refractivity contribution in [1.29, 1.82) is 0 Å². The molecule has 0 unspecified atom stereocenters. The number of hydrogen-bond donors (Lipinski definition) is 0. The number of nitro groups is 1. The van der Waals surface area contributed by atoms with Gasteiger partial charge in [0.25, 0.3) is 5.69 Å². The summed E-state index contributed by atoms with van der Waals surface area (Å²) < 4.78 is 11.5. The standard InChI is InChI=1S/C26H32N2O7SSi/c1-17(26(31)36-21-9-7-6-8-10-21)24-23(18(2)35-37(3,4)5)25(30)27(24)15-22(29)34-16-19-11-13-20(14-12-19)28(32)33/h6-14,17-18,23-24H,15-16H2,1-5H3/t17-,18-,23-,24-/m1/s1. The molecule has 1 fully saturated rings. The minimum Gasteiger partial charge on any atom is -0.459 e. The van der Waals surface area contributed by atoms with Gasteiger partial charge in [0.2, 0.25) is 5.91 Å². The van der Waals surface area contributed by atoms with Crippen LogP contribution in [0.4, 0.5) is 5.69 Å². The third-order valence-corrected chi connectivity index (χ3v) is 8.19. The number of nitro benzene ring substituents is 1. The van der Waals surface area contributed by atoms with E-state index < -0.39 is 43.2 Å². The van der Waals surface area contributed by atoms with Crippen molar-refractivity contribution in [2.45, 2.75) is 57.1 Å².